The topological polar surface area (TPSA) is 58.4 Å². The molecule has 1 aliphatic heterocycles. The van der Waals surface area contributed by atoms with E-state index in [9.17, 15) is 4.79 Å². The lowest BCUT2D eigenvalue weighted by atomic mass is 10.1. The second-order valence-electron chi connectivity index (χ2n) is 5.58. The molecule has 0 radical (unpaired) electrons. The normalized spacial score (nSPS) is 19.3. The summed E-state index contributed by atoms with van der Waals surface area (Å²) >= 11 is 0. The number of piperidine rings is 1. The first-order valence-electron chi connectivity index (χ1n) is 7.51. The first-order chi connectivity index (χ1) is 9.68. The molecule has 2 rings (SSSR count). The number of hydrogen-bond donors (Lipinski definition) is 2. The van der Waals surface area contributed by atoms with Crippen molar-refractivity contribution in [3.8, 4) is 0 Å². The van der Waals surface area contributed by atoms with Crippen LogP contribution in [0.15, 0.2) is 30.3 Å². The molecule has 1 aromatic rings. The predicted octanol–water partition coefficient (Wildman–Crippen LogP) is 1.68. The van der Waals surface area contributed by atoms with Gasteiger partial charge in [0.25, 0.3) is 0 Å². The van der Waals surface area contributed by atoms with Gasteiger partial charge in [0.2, 0.25) is 5.91 Å². The number of benzene rings is 1. The van der Waals surface area contributed by atoms with E-state index in [0.29, 0.717) is 12.6 Å². The van der Waals surface area contributed by atoms with Crippen molar-refractivity contribution >= 4 is 5.91 Å². The average Bonchev–Trinajstić information content (AvgIpc) is 2.53. The molecule has 0 aliphatic carbocycles. The fourth-order valence-corrected chi connectivity index (χ4v) is 2.66. The van der Waals surface area contributed by atoms with Gasteiger partial charge < -0.3 is 11.1 Å². The Labute approximate surface area is 121 Å². The van der Waals surface area contributed by atoms with Gasteiger partial charge in [0.1, 0.15) is 6.04 Å². The van der Waals surface area contributed by atoms with Crippen molar-refractivity contribution in [2.45, 2.75) is 38.3 Å². The summed E-state index contributed by atoms with van der Waals surface area (Å²) in [7, 11) is 0. The molecule has 1 unspecified atom stereocenters. The second kappa shape index (κ2) is 7.41. The molecular weight excluding hydrogens is 250 g/mol. The number of nitrogens with two attached hydrogens (primary N) is 1. The third kappa shape index (κ3) is 4.05. The number of rotatable bonds is 5. The Balaban J connectivity index is 1.79. The van der Waals surface area contributed by atoms with E-state index in [4.69, 9.17) is 5.73 Å². The summed E-state index contributed by atoms with van der Waals surface area (Å²) in [5.74, 6) is -0.0972. The third-order valence-corrected chi connectivity index (χ3v) is 4.03. The zero-order chi connectivity index (χ0) is 14.4. The lowest BCUT2D eigenvalue weighted by molar-refractivity contribution is -0.122. The summed E-state index contributed by atoms with van der Waals surface area (Å²) in [4.78, 5) is 14.5. The Morgan fingerprint density at radius 2 is 1.90 bits per heavy atom. The number of hydrogen-bond acceptors (Lipinski definition) is 3. The Morgan fingerprint density at radius 3 is 2.55 bits per heavy atom. The van der Waals surface area contributed by atoms with Gasteiger partial charge in [-0.25, -0.2) is 0 Å². The van der Waals surface area contributed by atoms with Crippen LogP contribution in [0.4, 0.5) is 0 Å². The first-order valence-corrected chi connectivity index (χ1v) is 7.51. The van der Waals surface area contributed by atoms with Crippen molar-refractivity contribution in [3.05, 3.63) is 35.9 Å². The minimum Gasteiger partial charge on any atom is -0.353 e. The number of likely N-dealkylation sites (tertiary alicyclic amines) is 1. The summed E-state index contributed by atoms with van der Waals surface area (Å²) in [5, 5.41) is 2.97. The van der Waals surface area contributed by atoms with Gasteiger partial charge in [-0.1, -0.05) is 36.8 Å². The van der Waals surface area contributed by atoms with Gasteiger partial charge in [-0.2, -0.15) is 0 Å². The van der Waals surface area contributed by atoms with Crippen LogP contribution in [0.2, 0.25) is 0 Å². The molecule has 1 saturated heterocycles. The summed E-state index contributed by atoms with van der Waals surface area (Å²) in [5.41, 5.74) is 6.83. The number of nitrogens with one attached hydrogen (secondary N) is 1. The highest BCUT2D eigenvalue weighted by atomic mass is 16.2. The molecule has 1 aliphatic rings. The quantitative estimate of drug-likeness (QED) is 0.859. The molecule has 4 nitrogen and oxygen atoms in total. The third-order valence-electron chi connectivity index (χ3n) is 4.03. The molecule has 1 aromatic carbocycles. The van der Waals surface area contributed by atoms with Crippen molar-refractivity contribution in [2.75, 3.05) is 19.6 Å². The Hall–Kier alpha value is -1.39. The van der Waals surface area contributed by atoms with Crippen molar-refractivity contribution in [1.82, 2.24) is 10.2 Å². The molecular formula is C16H25N3O. The molecule has 20 heavy (non-hydrogen) atoms. The van der Waals surface area contributed by atoms with Crippen molar-refractivity contribution in [1.29, 1.82) is 0 Å². The maximum atomic E-state index is 12.1. The molecule has 4 heteroatoms. The predicted molar refractivity (Wildman–Crippen MR) is 81.3 cm³/mol. The van der Waals surface area contributed by atoms with Gasteiger partial charge in [-0.05, 0) is 38.4 Å². The zero-order valence-electron chi connectivity index (χ0n) is 12.2. The van der Waals surface area contributed by atoms with E-state index in [1.165, 1.54) is 19.3 Å². The van der Waals surface area contributed by atoms with Crippen molar-refractivity contribution < 1.29 is 4.79 Å². The Bertz CT molecular complexity index is 415. The van der Waals surface area contributed by atoms with E-state index >= 15 is 0 Å². The Morgan fingerprint density at radius 1 is 1.25 bits per heavy atom. The fraction of sp³-hybridized carbons (Fsp3) is 0.562. The van der Waals surface area contributed by atoms with Crippen LogP contribution < -0.4 is 11.1 Å². The van der Waals surface area contributed by atoms with Crippen LogP contribution in [-0.4, -0.2) is 36.5 Å². The van der Waals surface area contributed by atoms with Gasteiger partial charge in [0.05, 0.1) is 0 Å². The summed E-state index contributed by atoms with van der Waals surface area (Å²) in [6, 6.07) is 9.30. The summed E-state index contributed by atoms with van der Waals surface area (Å²) < 4.78 is 0. The number of amides is 1. The molecule has 0 saturated carbocycles. The van der Waals surface area contributed by atoms with Gasteiger partial charge in [-0.3, -0.25) is 9.69 Å². The number of nitrogens with zero attached hydrogens (tertiary/aromatic N) is 1. The molecule has 0 bridgehead atoms. The largest absolute Gasteiger partial charge is 0.353 e. The lowest BCUT2D eigenvalue weighted by Gasteiger charge is -2.32. The molecule has 3 N–H and O–H groups in total. The zero-order valence-corrected chi connectivity index (χ0v) is 12.2. The maximum Gasteiger partial charge on any atom is 0.241 e. The second-order valence-corrected chi connectivity index (χ2v) is 5.58. The SMILES string of the molecule is CC(CNC(=O)[C@H](N)c1ccccc1)N1CCCCC1. The van der Waals surface area contributed by atoms with Crippen LogP contribution in [0.3, 0.4) is 0 Å². The van der Waals surface area contributed by atoms with Crippen LogP contribution in [0, 0.1) is 0 Å². The monoisotopic (exact) mass is 275 g/mol. The molecule has 2 atom stereocenters. The minimum atomic E-state index is -0.579. The standard InChI is InChI=1S/C16H25N3O/c1-13(19-10-6-3-7-11-19)12-18-16(20)15(17)14-8-4-2-5-9-14/h2,4-5,8-9,13,15H,3,6-7,10-12,17H2,1H3,(H,18,20)/t13?,15-/m1/s1. The van der Waals surface area contributed by atoms with E-state index in [1.807, 2.05) is 30.3 Å². The van der Waals surface area contributed by atoms with Gasteiger partial charge in [0, 0.05) is 12.6 Å². The van der Waals surface area contributed by atoms with E-state index in [-0.39, 0.29) is 5.91 Å². The molecule has 1 heterocycles. The van der Waals surface area contributed by atoms with E-state index in [0.717, 1.165) is 18.7 Å². The molecule has 1 fully saturated rings. The summed E-state index contributed by atoms with van der Waals surface area (Å²) in [6.45, 7) is 5.11. The van der Waals surface area contributed by atoms with E-state index < -0.39 is 6.04 Å². The van der Waals surface area contributed by atoms with Gasteiger partial charge >= 0.3 is 0 Å². The van der Waals surface area contributed by atoms with Crippen LogP contribution in [0.5, 0.6) is 0 Å². The Kier molecular flexibility index (Phi) is 5.56. The average molecular weight is 275 g/mol. The smallest absolute Gasteiger partial charge is 0.241 e. The molecule has 110 valence electrons. The number of carbonyl (C=O) groups is 1. The van der Waals surface area contributed by atoms with Gasteiger partial charge in [0.15, 0.2) is 0 Å². The molecule has 0 aromatic heterocycles. The summed E-state index contributed by atoms with van der Waals surface area (Å²) in [6.07, 6.45) is 3.86. The van der Waals surface area contributed by atoms with Crippen LogP contribution in [0.25, 0.3) is 0 Å². The maximum absolute atomic E-state index is 12.1. The van der Waals surface area contributed by atoms with Crippen LogP contribution >= 0.6 is 0 Å². The van der Waals surface area contributed by atoms with Crippen LogP contribution in [-0.2, 0) is 4.79 Å². The molecule has 1 amide bonds. The fourth-order valence-electron chi connectivity index (χ4n) is 2.66. The van der Waals surface area contributed by atoms with Crippen molar-refractivity contribution in [2.24, 2.45) is 5.73 Å². The highest BCUT2D eigenvalue weighted by Gasteiger charge is 2.19. The van der Waals surface area contributed by atoms with E-state index in [1.54, 1.807) is 0 Å². The van der Waals surface area contributed by atoms with Crippen LogP contribution in [0.1, 0.15) is 37.8 Å². The first kappa shape index (κ1) is 15.0. The number of carbonyl (C=O) groups excluding carboxylic acids is 1. The highest BCUT2D eigenvalue weighted by molar-refractivity contribution is 5.82. The minimum absolute atomic E-state index is 0.0972. The highest BCUT2D eigenvalue weighted by Crippen LogP contribution is 2.12. The van der Waals surface area contributed by atoms with Crippen molar-refractivity contribution in [3.63, 3.8) is 0 Å². The molecule has 0 spiro atoms. The lowest BCUT2D eigenvalue weighted by Crippen LogP contribution is -2.46. The van der Waals surface area contributed by atoms with Gasteiger partial charge in [-0.15, -0.1) is 0 Å². The van der Waals surface area contributed by atoms with E-state index in [2.05, 4.69) is 17.1 Å².